The molecule has 0 radical (unpaired) electrons. The van der Waals surface area contributed by atoms with Crippen molar-refractivity contribution in [3.63, 3.8) is 0 Å². The summed E-state index contributed by atoms with van der Waals surface area (Å²) in [4.78, 5) is 4.59. The molecular weight excluding hydrogens is 262 g/mol. The first-order chi connectivity index (χ1) is 10.3. The minimum atomic E-state index is 0.379. The Balaban J connectivity index is 1.44. The Kier molecular flexibility index (Phi) is 4.68. The van der Waals surface area contributed by atoms with Crippen molar-refractivity contribution >= 4 is 16.7 Å². The van der Waals surface area contributed by atoms with Gasteiger partial charge in [-0.15, -0.1) is 0 Å². The Morgan fingerprint density at radius 1 is 1.10 bits per heavy atom. The molecule has 1 saturated carbocycles. The number of nitrogens with one attached hydrogen (secondary N) is 1. The highest BCUT2D eigenvalue weighted by atomic mass is 16.5. The minimum absolute atomic E-state index is 0.379. The second-order valence-electron chi connectivity index (χ2n) is 5.72. The molecule has 3 N–H and O–H groups in total. The van der Waals surface area contributed by atoms with Crippen LogP contribution in [0.5, 0.6) is 0 Å². The molecule has 1 aliphatic carbocycles. The number of aromatic nitrogens is 1. The molecule has 0 bridgehead atoms. The molecule has 0 aliphatic heterocycles. The average molecular weight is 285 g/mol. The normalized spacial score (nSPS) is 22.3. The van der Waals surface area contributed by atoms with Crippen molar-refractivity contribution in [1.29, 1.82) is 0 Å². The Labute approximate surface area is 125 Å². The quantitative estimate of drug-likeness (QED) is 0.829. The molecular formula is C17H23N3O. The summed E-state index contributed by atoms with van der Waals surface area (Å²) in [6, 6.07) is 12.6. The van der Waals surface area contributed by atoms with Gasteiger partial charge in [-0.25, -0.2) is 4.98 Å². The fourth-order valence-electron chi connectivity index (χ4n) is 2.82. The lowest BCUT2D eigenvalue weighted by molar-refractivity contribution is 0.0313. The number of nitrogens with zero attached hydrogens (tertiary/aromatic N) is 1. The number of rotatable bonds is 5. The van der Waals surface area contributed by atoms with Crippen molar-refractivity contribution in [2.45, 2.75) is 37.8 Å². The number of pyridine rings is 1. The first-order valence-electron chi connectivity index (χ1n) is 7.78. The maximum absolute atomic E-state index is 5.90. The zero-order chi connectivity index (χ0) is 14.5. The van der Waals surface area contributed by atoms with Gasteiger partial charge in [0, 0.05) is 18.0 Å². The van der Waals surface area contributed by atoms with Gasteiger partial charge in [-0.1, -0.05) is 18.2 Å². The van der Waals surface area contributed by atoms with E-state index < -0.39 is 0 Å². The van der Waals surface area contributed by atoms with Crippen LogP contribution in [0.4, 0.5) is 5.82 Å². The number of ether oxygens (including phenoxy) is 1. The molecule has 1 aromatic carbocycles. The fourth-order valence-corrected chi connectivity index (χ4v) is 2.82. The molecule has 3 rings (SSSR count). The summed E-state index contributed by atoms with van der Waals surface area (Å²) in [5.74, 6) is 0.906. The summed E-state index contributed by atoms with van der Waals surface area (Å²) in [6.07, 6.45) is 4.75. The molecule has 1 heterocycles. The maximum atomic E-state index is 5.90. The number of fused-ring (bicyclic) bond motifs is 1. The van der Waals surface area contributed by atoms with Crippen LogP contribution in [0.2, 0.25) is 0 Å². The molecule has 0 atom stereocenters. The standard InChI is InChI=1S/C17H23N3O/c18-14-6-8-15(9-7-14)21-12-11-19-17-10-5-13-3-1-2-4-16(13)20-17/h1-5,10,14-15H,6-9,11-12,18H2,(H,19,20). The molecule has 0 amide bonds. The predicted octanol–water partition coefficient (Wildman–Crippen LogP) is 2.93. The van der Waals surface area contributed by atoms with E-state index >= 15 is 0 Å². The van der Waals surface area contributed by atoms with E-state index in [9.17, 15) is 0 Å². The van der Waals surface area contributed by atoms with Crippen molar-refractivity contribution in [2.75, 3.05) is 18.5 Å². The molecule has 0 unspecified atom stereocenters. The highest BCUT2D eigenvalue weighted by Crippen LogP contribution is 2.19. The predicted molar refractivity (Wildman–Crippen MR) is 86.4 cm³/mol. The molecule has 1 fully saturated rings. The van der Waals surface area contributed by atoms with Gasteiger partial charge in [0.15, 0.2) is 0 Å². The third-order valence-electron chi connectivity index (χ3n) is 4.08. The Bertz CT molecular complexity index is 579. The van der Waals surface area contributed by atoms with E-state index in [-0.39, 0.29) is 0 Å². The smallest absolute Gasteiger partial charge is 0.126 e. The van der Waals surface area contributed by atoms with Crippen LogP contribution < -0.4 is 11.1 Å². The van der Waals surface area contributed by atoms with E-state index in [1.54, 1.807) is 0 Å². The van der Waals surface area contributed by atoms with Crippen LogP contribution in [0.3, 0.4) is 0 Å². The van der Waals surface area contributed by atoms with Crippen LogP contribution in [0.15, 0.2) is 36.4 Å². The highest BCUT2D eigenvalue weighted by Gasteiger charge is 2.18. The molecule has 0 saturated heterocycles. The molecule has 2 aromatic rings. The van der Waals surface area contributed by atoms with Gasteiger partial charge in [-0.05, 0) is 43.9 Å². The first-order valence-corrected chi connectivity index (χ1v) is 7.78. The summed E-state index contributed by atoms with van der Waals surface area (Å²) in [5, 5.41) is 4.49. The summed E-state index contributed by atoms with van der Waals surface area (Å²) < 4.78 is 5.89. The van der Waals surface area contributed by atoms with Gasteiger partial charge in [-0.2, -0.15) is 0 Å². The van der Waals surface area contributed by atoms with Crippen LogP contribution in [0.1, 0.15) is 25.7 Å². The molecule has 1 aromatic heterocycles. The van der Waals surface area contributed by atoms with Crippen molar-refractivity contribution in [1.82, 2.24) is 4.98 Å². The summed E-state index contributed by atoms with van der Waals surface area (Å²) >= 11 is 0. The number of para-hydroxylation sites is 1. The zero-order valence-corrected chi connectivity index (χ0v) is 12.3. The fraction of sp³-hybridized carbons (Fsp3) is 0.471. The van der Waals surface area contributed by atoms with E-state index in [4.69, 9.17) is 10.5 Å². The van der Waals surface area contributed by atoms with Crippen LogP contribution in [0.25, 0.3) is 10.9 Å². The molecule has 21 heavy (non-hydrogen) atoms. The SMILES string of the molecule is NC1CCC(OCCNc2ccc3ccccc3n2)CC1. The van der Waals surface area contributed by atoms with E-state index in [2.05, 4.69) is 22.4 Å². The van der Waals surface area contributed by atoms with Crippen LogP contribution in [0, 0.1) is 0 Å². The van der Waals surface area contributed by atoms with Crippen LogP contribution in [-0.2, 0) is 4.74 Å². The maximum Gasteiger partial charge on any atom is 0.126 e. The molecule has 4 nitrogen and oxygen atoms in total. The van der Waals surface area contributed by atoms with Crippen LogP contribution in [-0.4, -0.2) is 30.3 Å². The van der Waals surface area contributed by atoms with Gasteiger partial charge in [-0.3, -0.25) is 0 Å². The minimum Gasteiger partial charge on any atom is -0.376 e. The third-order valence-corrected chi connectivity index (χ3v) is 4.08. The lowest BCUT2D eigenvalue weighted by Gasteiger charge is -2.26. The summed E-state index contributed by atoms with van der Waals surface area (Å²) in [7, 11) is 0. The number of benzene rings is 1. The number of hydrogen-bond acceptors (Lipinski definition) is 4. The van der Waals surface area contributed by atoms with E-state index in [0.29, 0.717) is 18.8 Å². The number of nitrogens with two attached hydrogens (primary N) is 1. The molecule has 4 heteroatoms. The highest BCUT2D eigenvalue weighted by molar-refractivity contribution is 5.79. The van der Waals surface area contributed by atoms with Gasteiger partial charge in [0.1, 0.15) is 5.82 Å². The van der Waals surface area contributed by atoms with Crippen molar-refractivity contribution in [3.05, 3.63) is 36.4 Å². The third kappa shape index (κ3) is 3.93. The van der Waals surface area contributed by atoms with Gasteiger partial charge in [0.25, 0.3) is 0 Å². The second kappa shape index (κ2) is 6.87. The van der Waals surface area contributed by atoms with E-state index in [0.717, 1.165) is 48.9 Å². The topological polar surface area (TPSA) is 60.2 Å². The first kappa shape index (κ1) is 14.3. The Morgan fingerprint density at radius 2 is 1.90 bits per heavy atom. The summed E-state index contributed by atoms with van der Waals surface area (Å²) in [6.45, 7) is 1.50. The number of hydrogen-bond donors (Lipinski definition) is 2. The summed E-state index contributed by atoms with van der Waals surface area (Å²) in [5.41, 5.74) is 6.92. The van der Waals surface area contributed by atoms with Crippen LogP contribution >= 0.6 is 0 Å². The second-order valence-corrected chi connectivity index (χ2v) is 5.72. The molecule has 112 valence electrons. The Morgan fingerprint density at radius 3 is 2.76 bits per heavy atom. The largest absolute Gasteiger partial charge is 0.376 e. The monoisotopic (exact) mass is 285 g/mol. The van der Waals surface area contributed by atoms with Gasteiger partial charge in [0.2, 0.25) is 0 Å². The average Bonchev–Trinajstić information content (AvgIpc) is 2.53. The lowest BCUT2D eigenvalue weighted by Crippen LogP contribution is -2.31. The molecule has 0 spiro atoms. The number of anilines is 1. The van der Waals surface area contributed by atoms with Crippen molar-refractivity contribution in [3.8, 4) is 0 Å². The van der Waals surface area contributed by atoms with E-state index in [1.807, 2.05) is 24.3 Å². The van der Waals surface area contributed by atoms with Crippen molar-refractivity contribution < 1.29 is 4.74 Å². The van der Waals surface area contributed by atoms with E-state index in [1.165, 1.54) is 0 Å². The zero-order valence-electron chi connectivity index (χ0n) is 12.3. The van der Waals surface area contributed by atoms with Gasteiger partial charge >= 0.3 is 0 Å². The molecule has 1 aliphatic rings. The lowest BCUT2D eigenvalue weighted by atomic mass is 9.94. The van der Waals surface area contributed by atoms with Gasteiger partial charge in [0.05, 0.1) is 18.2 Å². The van der Waals surface area contributed by atoms with Gasteiger partial charge < -0.3 is 15.8 Å². The van der Waals surface area contributed by atoms with Crippen molar-refractivity contribution in [2.24, 2.45) is 5.73 Å². The Hall–Kier alpha value is -1.65.